The highest BCUT2D eigenvalue weighted by Gasteiger charge is 2.16. The Bertz CT molecular complexity index is 516. The highest BCUT2D eigenvalue weighted by molar-refractivity contribution is 5.93. The topological polar surface area (TPSA) is 107 Å². The van der Waals surface area contributed by atoms with E-state index >= 15 is 0 Å². The molecule has 0 amide bonds. The van der Waals surface area contributed by atoms with E-state index in [0.29, 0.717) is 12.2 Å². The van der Waals surface area contributed by atoms with Gasteiger partial charge in [-0.05, 0) is 19.8 Å². The molecular formula is C16H26N4O4. The molecular weight excluding hydrogens is 312 g/mol. The van der Waals surface area contributed by atoms with Gasteiger partial charge in [-0.15, -0.1) is 10.2 Å². The number of hydrogen-bond acceptors (Lipinski definition) is 7. The van der Waals surface area contributed by atoms with E-state index in [-0.39, 0.29) is 24.7 Å². The Morgan fingerprint density at radius 2 is 2.08 bits per heavy atom. The molecule has 24 heavy (non-hydrogen) atoms. The molecule has 0 radical (unpaired) electrons. The minimum absolute atomic E-state index is 0.0753. The first-order valence-corrected chi connectivity index (χ1v) is 8.29. The highest BCUT2D eigenvalue weighted by atomic mass is 16.5. The molecule has 0 aliphatic rings. The summed E-state index contributed by atoms with van der Waals surface area (Å²) < 4.78 is 10.3. The number of nitrogens with zero attached hydrogens (tertiary/aromatic N) is 3. The molecule has 0 fully saturated rings. The molecule has 0 unspecified atom stereocenters. The van der Waals surface area contributed by atoms with Crippen LogP contribution in [0.4, 0.5) is 0 Å². The summed E-state index contributed by atoms with van der Waals surface area (Å²) in [4.78, 5) is 23.5. The normalized spacial score (nSPS) is 11.8. The fourth-order valence-corrected chi connectivity index (χ4v) is 2.06. The Kier molecular flexibility index (Phi) is 9.33. The van der Waals surface area contributed by atoms with Gasteiger partial charge in [-0.3, -0.25) is 4.79 Å². The van der Waals surface area contributed by atoms with E-state index in [1.165, 1.54) is 12.8 Å². The van der Waals surface area contributed by atoms with Crippen LogP contribution < -0.4 is 0 Å². The summed E-state index contributed by atoms with van der Waals surface area (Å²) in [6.45, 7) is 7.68. The Morgan fingerprint density at radius 3 is 2.75 bits per heavy atom. The van der Waals surface area contributed by atoms with Crippen molar-refractivity contribution in [2.45, 2.75) is 64.9 Å². The average molecular weight is 338 g/mol. The van der Waals surface area contributed by atoms with Crippen LogP contribution in [0.15, 0.2) is 12.2 Å². The molecule has 0 bridgehead atoms. The van der Waals surface area contributed by atoms with Crippen molar-refractivity contribution in [3.8, 4) is 0 Å². The molecule has 8 heteroatoms. The quantitative estimate of drug-likeness (QED) is 0.353. The monoisotopic (exact) mass is 338 g/mol. The summed E-state index contributed by atoms with van der Waals surface area (Å²) in [5.41, 5.74) is 0.0753. The van der Waals surface area contributed by atoms with Gasteiger partial charge in [0.25, 0.3) is 0 Å². The van der Waals surface area contributed by atoms with Crippen molar-refractivity contribution in [1.82, 2.24) is 20.6 Å². The Labute approximate surface area is 142 Å². The zero-order valence-electron chi connectivity index (χ0n) is 14.4. The Morgan fingerprint density at radius 1 is 1.29 bits per heavy atom. The van der Waals surface area contributed by atoms with Gasteiger partial charge in [0.1, 0.15) is 0 Å². The molecule has 0 saturated carbocycles. The molecule has 0 aliphatic carbocycles. The van der Waals surface area contributed by atoms with Crippen molar-refractivity contribution in [3.05, 3.63) is 18.0 Å². The van der Waals surface area contributed by atoms with Gasteiger partial charge < -0.3 is 9.47 Å². The van der Waals surface area contributed by atoms with Gasteiger partial charge >= 0.3 is 11.9 Å². The minimum Gasteiger partial charge on any atom is -0.462 e. The predicted molar refractivity (Wildman–Crippen MR) is 86.9 cm³/mol. The first kappa shape index (κ1) is 19.8. The van der Waals surface area contributed by atoms with Crippen LogP contribution in [0.5, 0.6) is 0 Å². The number of nitrogens with one attached hydrogen (secondary N) is 1. The van der Waals surface area contributed by atoms with E-state index in [4.69, 9.17) is 9.47 Å². The number of aromatic nitrogens is 4. The number of esters is 2. The minimum atomic E-state index is -0.619. The van der Waals surface area contributed by atoms with Crippen LogP contribution in [0, 0.1) is 0 Å². The summed E-state index contributed by atoms with van der Waals surface area (Å²) >= 11 is 0. The Hall–Kier alpha value is -2.25. The number of unbranched alkanes of at least 4 members (excludes halogenated alkanes) is 3. The van der Waals surface area contributed by atoms with Crippen LogP contribution in [0.2, 0.25) is 0 Å². The third-order valence-electron chi connectivity index (χ3n) is 3.39. The number of carbonyl (C=O) groups excluding carboxylic acids is 2. The van der Waals surface area contributed by atoms with Gasteiger partial charge in [-0.2, -0.15) is 5.21 Å². The smallest absolute Gasteiger partial charge is 0.334 e. The van der Waals surface area contributed by atoms with Crippen LogP contribution in [0.25, 0.3) is 0 Å². The van der Waals surface area contributed by atoms with Gasteiger partial charge in [-0.25, -0.2) is 4.79 Å². The van der Waals surface area contributed by atoms with E-state index in [9.17, 15) is 9.59 Å². The number of tetrazole rings is 1. The van der Waals surface area contributed by atoms with Crippen LogP contribution in [0.1, 0.15) is 58.2 Å². The Balaban J connectivity index is 2.17. The summed E-state index contributed by atoms with van der Waals surface area (Å²) in [6.07, 6.45) is 5.37. The van der Waals surface area contributed by atoms with Crippen molar-refractivity contribution in [3.63, 3.8) is 0 Å². The third-order valence-corrected chi connectivity index (χ3v) is 3.39. The maximum atomic E-state index is 11.8. The van der Waals surface area contributed by atoms with E-state index in [0.717, 1.165) is 19.3 Å². The van der Waals surface area contributed by atoms with Crippen molar-refractivity contribution < 1.29 is 19.1 Å². The molecule has 1 aromatic heterocycles. The van der Waals surface area contributed by atoms with E-state index in [1.807, 2.05) is 6.92 Å². The lowest BCUT2D eigenvalue weighted by molar-refractivity contribution is -0.150. The molecule has 0 saturated heterocycles. The summed E-state index contributed by atoms with van der Waals surface area (Å²) in [5, 5.41) is 13.2. The number of hydrogen-bond donors (Lipinski definition) is 1. The van der Waals surface area contributed by atoms with Crippen molar-refractivity contribution >= 4 is 11.9 Å². The lowest BCUT2D eigenvalue weighted by atomic mass is 10.1. The lowest BCUT2D eigenvalue weighted by Gasteiger charge is -2.13. The molecule has 0 spiro atoms. The van der Waals surface area contributed by atoms with Crippen molar-refractivity contribution in [1.29, 1.82) is 0 Å². The standard InChI is InChI=1S/C16H26N4O4/c1-4-5-6-7-8-13(3)24-15(21)11-12(2)16(22)23-10-9-14-17-19-20-18-14/h13H,2,4-11H2,1,3H3,(H,17,18,19,20)/t13-/m0/s1. The van der Waals surface area contributed by atoms with E-state index in [1.54, 1.807) is 0 Å². The second-order valence-corrected chi connectivity index (χ2v) is 5.64. The number of carbonyl (C=O) groups is 2. The molecule has 134 valence electrons. The zero-order valence-corrected chi connectivity index (χ0v) is 14.4. The van der Waals surface area contributed by atoms with Gasteiger partial charge in [0.05, 0.1) is 19.1 Å². The summed E-state index contributed by atoms with van der Waals surface area (Å²) in [5.74, 6) is -0.631. The first-order valence-electron chi connectivity index (χ1n) is 8.29. The molecule has 0 aliphatic heterocycles. The summed E-state index contributed by atoms with van der Waals surface area (Å²) in [6, 6.07) is 0. The maximum absolute atomic E-state index is 11.8. The first-order chi connectivity index (χ1) is 11.5. The van der Waals surface area contributed by atoms with Crippen LogP contribution in [-0.4, -0.2) is 45.3 Å². The fraction of sp³-hybridized carbons (Fsp3) is 0.688. The molecule has 1 rings (SSSR count). The van der Waals surface area contributed by atoms with Crippen LogP contribution in [-0.2, 0) is 25.5 Å². The van der Waals surface area contributed by atoms with Crippen LogP contribution >= 0.6 is 0 Å². The zero-order chi connectivity index (χ0) is 17.8. The van der Waals surface area contributed by atoms with Gasteiger partial charge in [0, 0.05) is 12.0 Å². The van der Waals surface area contributed by atoms with Gasteiger partial charge in [0.15, 0.2) is 5.82 Å². The molecule has 1 aromatic rings. The average Bonchev–Trinajstić information content (AvgIpc) is 3.04. The number of aromatic amines is 1. The van der Waals surface area contributed by atoms with Crippen LogP contribution in [0.3, 0.4) is 0 Å². The SMILES string of the molecule is C=C(CC(=O)O[C@@H](C)CCCCCC)C(=O)OCCc1nn[nH]n1. The third kappa shape index (κ3) is 8.40. The van der Waals surface area contributed by atoms with E-state index < -0.39 is 11.9 Å². The summed E-state index contributed by atoms with van der Waals surface area (Å²) in [7, 11) is 0. The highest BCUT2D eigenvalue weighted by Crippen LogP contribution is 2.10. The van der Waals surface area contributed by atoms with Crippen molar-refractivity contribution in [2.24, 2.45) is 0 Å². The largest absolute Gasteiger partial charge is 0.462 e. The second-order valence-electron chi connectivity index (χ2n) is 5.64. The van der Waals surface area contributed by atoms with Gasteiger partial charge in [0.2, 0.25) is 0 Å². The lowest BCUT2D eigenvalue weighted by Crippen LogP contribution is -2.18. The van der Waals surface area contributed by atoms with E-state index in [2.05, 4.69) is 34.1 Å². The fourth-order valence-electron chi connectivity index (χ4n) is 2.06. The number of ether oxygens (including phenoxy) is 2. The predicted octanol–water partition coefficient (Wildman–Crippen LogP) is 2.13. The number of H-pyrrole nitrogens is 1. The molecule has 1 atom stereocenters. The van der Waals surface area contributed by atoms with Crippen molar-refractivity contribution in [2.75, 3.05) is 6.61 Å². The molecule has 1 heterocycles. The second kappa shape index (κ2) is 11.3. The molecule has 0 aromatic carbocycles. The maximum Gasteiger partial charge on any atom is 0.334 e. The molecule has 1 N–H and O–H groups in total. The van der Waals surface area contributed by atoms with Gasteiger partial charge in [-0.1, -0.05) is 38.0 Å². The molecule has 8 nitrogen and oxygen atoms in total. The number of rotatable bonds is 12.